The third-order valence-corrected chi connectivity index (χ3v) is 11.2. The van der Waals surface area contributed by atoms with E-state index in [2.05, 4.69) is 10.6 Å². The van der Waals surface area contributed by atoms with Gasteiger partial charge < -0.3 is 50.0 Å². The van der Waals surface area contributed by atoms with Crippen LogP contribution in [-0.2, 0) is 55.8 Å². The highest BCUT2D eigenvalue weighted by molar-refractivity contribution is 7.47. The lowest BCUT2D eigenvalue weighted by molar-refractivity contribution is -0.120. The lowest BCUT2D eigenvalue weighted by Gasteiger charge is -2.31. The van der Waals surface area contributed by atoms with Gasteiger partial charge in [0.05, 0.1) is 44.3 Å². The van der Waals surface area contributed by atoms with E-state index in [1.165, 1.54) is 18.4 Å². The smallest absolute Gasteiger partial charge is 0.382 e. The van der Waals surface area contributed by atoms with Gasteiger partial charge in [0.2, 0.25) is 5.91 Å². The number of nitrogens with one attached hydrogen (secondary N) is 2. The van der Waals surface area contributed by atoms with Gasteiger partial charge >= 0.3 is 15.6 Å². The van der Waals surface area contributed by atoms with E-state index in [0.717, 1.165) is 32.1 Å². The van der Waals surface area contributed by atoms with Crippen molar-refractivity contribution in [2.24, 2.45) is 11.7 Å². The van der Waals surface area contributed by atoms with Crippen LogP contribution in [0.5, 0.6) is 0 Å². The highest BCUT2D eigenvalue weighted by Gasteiger charge is 2.46. The SMILES string of the molecule is [B]C1CC(C)C(COP(=O)(O)OC2CC(N3C=C(/C=C/C(=O)NCCCCCCN)C(=O)NC3)OC2COP(=O)(O)OC2CC([B])OC2COCCC)O1. The molecule has 0 aromatic rings. The van der Waals surface area contributed by atoms with Gasteiger partial charge in [-0.2, -0.15) is 0 Å². The minimum Gasteiger partial charge on any atom is -0.382 e. The largest absolute Gasteiger partial charge is 0.472 e. The fourth-order valence-electron chi connectivity index (χ4n) is 6.30. The van der Waals surface area contributed by atoms with Crippen LogP contribution in [0, 0.1) is 5.92 Å². The number of ether oxygens (including phenoxy) is 4. The zero-order chi connectivity index (χ0) is 39.3. The molecule has 4 heterocycles. The molecule has 302 valence electrons. The van der Waals surface area contributed by atoms with E-state index < -0.39 is 76.9 Å². The lowest BCUT2D eigenvalue weighted by atomic mass is 9.92. The number of phosphoric ester groups is 2. The van der Waals surface area contributed by atoms with Crippen molar-refractivity contribution < 1.29 is 65.5 Å². The van der Waals surface area contributed by atoms with E-state index in [1.807, 2.05) is 13.8 Å². The summed E-state index contributed by atoms with van der Waals surface area (Å²) in [5.41, 5.74) is 5.65. The normalized spacial score (nSPS) is 32.4. The Kier molecular flexibility index (Phi) is 18.2. The van der Waals surface area contributed by atoms with Crippen molar-refractivity contribution in [3.63, 3.8) is 0 Å². The molecule has 0 aromatic heterocycles. The molecule has 0 aromatic carbocycles. The van der Waals surface area contributed by atoms with Gasteiger partial charge in [0.25, 0.3) is 5.91 Å². The minimum absolute atomic E-state index is 0.0222. The van der Waals surface area contributed by atoms with Crippen LogP contribution in [-0.4, -0.2) is 137 Å². The second-order valence-electron chi connectivity index (χ2n) is 13.7. The van der Waals surface area contributed by atoms with Crippen LogP contribution < -0.4 is 16.4 Å². The van der Waals surface area contributed by atoms with Crippen LogP contribution in [0.15, 0.2) is 23.9 Å². The molecule has 0 bridgehead atoms. The van der Waals surface area contributed by atoms with Crippen LogP contribution in [0.1, 0.15) is 65.2 Å². The van der Waals surface area contributed by atoms with E-state index in [9.17, 15) is 28.5 Å². The number of rotatable bonds is 23. The highest BCUT2D eigenvalue weighted by atomic mass is 31.2. The predicted molar refractivity (Wildman–Crippen MR) is 196 cm³/mol. The van der Waals surface area contributed by atoms with Gasteiger partial charge in [-0.05, 0) is 50.6 Å². The van der Waals surface area contributed by atoms with Gasteiger partial charge in [0.1, 0.15) is 40.2 Å². The Morgan fingerprint density at radius 1 is 0.981 bits per heavy atom. The summed E-state index contributed by atoms with van der Waals surface area (Å²) >= 11 is 0. The summed E-state index contributed by atoms with van der Waals surface area (Å²) in [6.07, 6.45) is 3.66. The topological polar surface area (TPSA) is 236 Å². The molecule has 22 heteroatoms. The van der Waals surface area contributed by atoms with Gasteiger partial charge in [-0.3, -0.25) is 27.7 Å². The maximum absolute atomic E-state index is 13.2. The number of phosphoric acid groups is 2. The van der Waals surface area contributed by atoms with Gasteiger partial charge in [-0.25, -0.2) is 9.13 Å². The minimum atomic E-state index is -4.77. The fourth-order valence-corrected chi connectivity index (χ4v) is 8.22. The Labute approximate surface area is 319 Å². The molecule has 4 radical (unpaired) electrons. The second-order valence-corrected chi connectivity index (χ2v) is 16.5. The number of unbranched alkanes of at least 4 members (excludes halogenated alkanes) is 3. The molecule has 6 N–H and O–H groups in total. The van der Waals surface area contributed by atoms with Crippen molar-refractivity contribution in [3.8, 4) is 0 Å². The Hall–Kier alpha value is -1.63. The number of amides is 2. The fraction of sp³-hybridized carbons (Fsp3) is 0.812. The van der Waals surface area contributed by atoms with Crippen molar-refractivity contribution in [1.82, 2.24) is 15.5 Å². The standard InChI is InChI=1S/C32H54B2N4O14P2/c1-3-12-45-17-26-23(14-29(34)49-26)51-54(43,44)47-19-27-24(52-53(41,42)46-18-25-21(2)13-28(33)48-25)15-31(50-27)38-16-22(32(40)37-20-38)8-9-30(39)36-11-7-5-4-6-10-35/h8-9,16,21,23-29,31H,3-7,10-15,17-20,35H2,1-2H3,(H,36,39)(H,37,40)(H,41,42)(H,43,44)/b9-8+. The first-order valence-corrected chi connectivity index (χ1v) is 21.5. The molecule has 0 saturated carbocycles. The van der Waals surface area contributed by atoms with Crippen LogP contribution in [0.3, 0.4) is 0 Å². The summed E-state index contributed by atoms with van der Waals surface area (Å²) in [6.45, 7) is 4.56. The number of carbonyl (C=O) groups is 2. The van der Waals surface area contributed by atoms with Gasteiger partial charge in [-0.15, -0.1) is 0 Å². The Bertz CT molecular complexity index is 1380. The first kappa shape index (κ1) is 45.1. The molecule has 4 aliphatic heterocycles. The maximum atomic E-state index is 13.2. The van der Waals surface area contributed by atoms with Crippen molar-refractivity contribution in [2.75, 3.05) is 46.2 Å². The van der Waals surface area contributed by atoms with Gasteiger partial charge in [0.15, 0.2) is 0 Å². The van der Waals surface area contributed by atoms with E-state index in [4.69, 9.17) is 58.5 Å². The van der Waals surface area contributed by atoms with Gasteiger partial charge in [-0.1, -0.05) is 26.7 Å². The highest BCUT2D eigenvalue weighted by Crippen LogP contribution is 2.51. The third kappa shape index (κ3) is 14.7. The van der Waals surface area contributed by atoms with Crippen LogP contribution >= 0.6 is 15.6 Å². The van der Waals surface area contributed by atoms with Crippen molar-refractivity contribution in [3.05, 3.63) is 23.9 Å². The quantitative estimate of drug-likeness (QED) is 0.0423. The second kappa shape index (κ2) is 21.8. The first-order valence-electron chi connectivity index (χ1n) is 18.5. The average molecular weight is 802 g/mol. The summed E-state index contributed by atoms with van der Waals surface area (Å²) in [7, 11) is 2.21. The summed E-state index contributed by atoms with van der Waals surface area (Å²) in [4.78, 5) is 48.0. The third-order valence-electron chi connectivity index (χ3n) is 9.17. The van der Waals surface area contributed by atoms with Crippen LogP contribution in [0.4, 0.5) is 0 Å². The lowest BCUT2D eigenvalue weighted by Crippen LogP contribution is -2.45. The van der Waals surface area contributed by atoms with E-state index >= 15 is 0 Å². The van der Waals surface area contributed by atoms with E-state index in [1.54, 1.807) is 4.90 Å². The first-order chi connectivity index (χ1) is 25.7. The zero-order valence-electron chi connectivity index (χ0n) is 30.9. The molecular formula is C32H54B2N4O14P2. The monoisotopic (exact) mass is 802 g/mol. The average Bonchev–Trinajstić information content (AvgIpc) is 3.78. The van der Waals surface area contributed by atoms with Gasteiger partial charge in [0, 0.05) is 43.9 Å². The Morgan fingerprint density at radius 2 is 1.61 bits per heavy atom. The number of hydrogen-bond donors (Lipinski definition) is 5. The molecule has 4 aliphatic rings. The number of hydrogen-bond acceptors (Lipinski definition) is 14. The molecule has 2 amide bonds. The molecule has 11 atom stereocenters. The molecule has 54 heavy (non-hydrogen) atoms. The molecule has 3 saturated heterocycles. The Morgan fingerprint density at radius 3 is 2.28 bits per heavy atom. The summed E-state index contributed by atoms with van der Waals surface area (Å²) in [5, 5.41) is 5.47. The number of nitrogens with two attached hydrogens (primary N) is 1. The predicted octanol–water partition coefficient (Wildman–Crippen LogP) is 1.20. The molecule has 4 rings (SSSR count). The molecule has 0 spiro atoms. The summed E-state index contributed by atoms with van der Waals surface area (Å²) in [6, 6.07) is -1.26. The molecule has 11 unspecified atom stereocenters. The van der Waals surface area contributed by atoms with Crippen LogP contribution in [0.25, 0.3) is 0 Å². The zero-order valence-corrected chi connectivity index (χ0v) is 32.7. The van der Waals surface area contributed by atoms with Crippen LogP contribution in [0.2, 0.25) is 0 Å². The number of nitrogens with zero attached hydrogens (tertiary/aromatic N) is 1. The Balaban J connectivity index is 1.41. The maximum Gasteiger partial charge on any atom is 0.472 e. The summed E-state index contributed by atoms with van der Waals surface area (Å²) < 4.78 is 70.7. The molecule has 18 nitrogen and oxygen atoms in total. The number of carbonyl (C=O) groups excluding carboxylic acids is 2. The van der Waals surface area contributed by atoms with E-state index in [0.29, 0.717) is 26.1 Å². The van der Waals surface area contributed by atoms with Crippen molar-refractivity contribution in [2.45, 2.75) is 114 Å². The van der Waals surface area contributed by atoms with Crippen molar-refractivity contribution in [1.29, 1.82) is 0 Å². The molecule has 0 aliphatic carbocycles. The van der Waals surface area contributed by atoms with Crippen molar-refractivity contribution >= 4 is 43.2 Å². The van der Waals surface area contributed by atoms with E-state index in [-0.39, 0.29) is 50.1 Å². The molecule has 3 fully saturated rings. The summed E-state index contributed by atoms with van der Waals surface area (Å²) in [5.74, 6) is -0.841. The molecular weight excluding hydrogens is 748 g/mol.